The van der Waals surface area contributed by atoms with Gasteiger partial charge in [0.2, 0.25) is 0 Å². The SMILES string of the molecule is CC(C)c1ccc(C2/C(=C(/O)c3ccc4ccccc4c3)C(=O)C(=O)N2CCN(C)C)cc1. The van der Waals surface area contributed by atoms with Crippen molar-refractivity contribution in [2.75, 3.05) is 27.2 Å². The van der Waals surface area contributed by atoms with E-state index in [2.05, 4.69) is 13.8 Å². The first-order valence-corrected chi connectivity index (χ1v) is 11.3. The van der Waals surface area contributed by atoms with Crippen LogP contribution in [0.3, 0.4) is 0 Å². The molecule has 170 valence electrons. The lowest BCUT2D eigenvalue weighted by molar-refractivity contribution is -0.140. The number of carbonyl (C=O) groups excluding carboxylic acids is 2. The molecule has 1 N–H and O–H groups in total. The molecule has 33 heavy (non-hydrogen) atoms. The van der Waals surface area contributed by atoms with E-state index in [-0.39, 0.29) is 11.3 Å². The number of likely N-dealkylation sites (tertiary alicyclic amines) is 1. The van der Waals surface area contributed by atoms with E-state index in [9.17, 15) is 14.7 Å². The molecule has 5 nitrogen and oxygen atoms in total. The number of benzene rings is 3. The minimum Gasteiger partial charge on any atom is -0.507 e. The maximum Gasteiger partial charge on any atom is 0.295 e. The summed E-state index contributed by atoms with van der Waals surface area (Å²) in [6.07, 6.45) is 0. The second kappa shape index (κ2) is 9.20. The van der Waals surface area contributed by atoms with Crippen molar-refractivity contribution < 1.29 is 14.7 Å². The summed E-state index contributed by atoms with van der Waals surface area (Å²) in [5, 5.41) is 13.3. The number of amides is 1. The second-order valence-electron chi connectivity index (χ2n) is 9.18. The molecular weight excluding hydrogens is 412 g/mol. The fraction of sp³-hybridized carbons (Fsp3) is 0.286. The lowest BCUT2D eigenvalue weighted by atomic mass is 9.93. The minimum absolute atomic E-state index is 0.135. The Balaban J connectivity index is 1.84. The Morgan fingerprint density at radius 3 is 2.27 bits per heavy atom. The van der Waals surface area contributed by atoms with E-state index in [1.165, 1.54) is 5.56 Å². The van der Waals surface area contributed by atoms with Crippen LogP contribution < -0.4 is 0 Å². The van der Waals surface area contributed by atoms with Crippen molar-refractivity contribution in [2.45, 2.75) is 25.8 Å². The van der Waals surface area contributed by atoms with Gasteiger partial charge >= 0.3 is 0 Å². The summed E-state index contributed by atoms with van der Waals surface area (Å²) in [6, 6.07) is 20.8. The number of hydrogen-bond acceptors (Lipinski definition) is 4. The van der Waals surface area contributed by atoms with Crippen molar-refractivity contribution in [2.24, 2.45) is 0 Å². The average Bonchev–Trinajstić information content (AvgIpc) is 3.06. The third kappa shape index (κ3) is 4.41. The van der Waals surface area contributed by atoms with Crippen LogP contribution >= 0.6 is 0 Å². The molecule has 1 unspecified atom stereocenters. The first-order valence-electron chi connectivity index (χ1n) is 11.3. The third-order valence-corrected chi connectivity index (χ3v) is 6.27. The molecule has 0 saturated carbocycles. The number of nitrogens with zero attached hydrogens (tertiary/aromatic N) is 2. The number of aliphatic hydroxyl groups excluding tert-OH is 1. The Bertz CT molecular complexity index is 1230. The van der Waals surface area contributed by atoms with Gasteiger partial charge in [0.1, 0.15) is 5.76 Å². The Morgan fingerprint density at radius 2 is 1.64 bits per heavy atom. The van der Waals surface area contributed by atoms with E-state index in [0.29, 0.717) is 24.6 Å². The Morgan fingerprint density at radius 1 is 0.970 bits per heavy atom. The number of fused-ring (bicyclic) bond motifs is 1. The van der Waals surface area contributed by atoms with Gasteiger partial charge in [-0.05, 0) is 48.0 Å². The number of rotatable bonds is 6. The molecule has 0 aromatic heterocycles. The number of Topliss-reactive ketones (excluding diaryl/α,β-unsaturated/α-hetero) is 1. The van der Waals surface area contributed by atoms with Crippen molar-refractivity contribution in [1.82, 2.24) is 9.80 Å². The van der Waals surface area contributed by atoms with E-state index in [4.69, 9.17) is 0 Å². The number of aliphatic hydroxyl groups is 1. The first kappa shape index (κ1) is 22.7. The standard InChI is InChI=1S/C28H30N2O3/c1-18(2)19-9-12-21(13-10-19)25-24(27(32)28(33)30(25)16-15-29(3)4)26(31)23-14-11-20-7-5-6-8-22(20)17-23/h5-14,17-18,25,31H,15-16H2,1-4H3/b26-24-. The van der Waals surface area contributed by atoms with Crippen LogP contribution in [0.4, 0.5) is 0 Å². The van der Waals surface area contributed by atoms with E-state index in [1.54, 1.807) is 11.0 Å². The molecule has 1 fully saturated rings. The van der Waals surface area contributed by atoms with Gasteiger partial charge in [0.25, 0.3) is 11.7 Å². The van der Waals surface area contributed by atoms with Gasteiger partial charge in [0.15, 0.2) is 0 Å². The molecular formula is C28H30N2O3. The summed E-state index contributed by atoms with van der Waals surface area (Å²) in [5.74, 6) is -0.976. The molecule has 4 rings (SSSR count). The van der Waals surface area contributed by atoms with Crippen molar-refractivity contribution in [3.63, 3.8) is 0 Å². The maximum atomic E-state index is 13.2. The number of likely N-dealkylation sites (N-methyl/N-ethyl adjacent to an activating group) is 1. The van der Waals surface area contributed by atoms with Gasteiger partial charge in [0, 0.05) is 18.7 Å². The van der Waals surface area contributed by atoms with Crippen LogP contribution in [0.5, 0.6) is 0 Å². The second-order valence-corrected chi connectivity index (χ2v) is 9.18. The summed E-state index contributed by atoms with van der Waals surface area (Å²) in [6.45, 7) is 5.25. The Hall–Kier alpha value is -3.44. The highest BCUT2D eigenvalue weighted by atomic mass is 16.3. The monoisotopic (exact) mass is 442 g/mol. The zero-order chi connectivity index (χ0) is 23.7. The van der Waals surface area contributed by atoms with E-state index < -0.39 is 17.7 Å². The molecule has 3 aromatic carbocycles. The van der Waals surface area contributed by atoms with E-state index in [1.807, 2.05) is 79.7 Å². The molecule has 0 aliphatic carbocycles. The average molecular weight is 443 g/mol. The number of hydrogen-bond donors (Lipinski definition) is 1. The van der Waals surface area contributed by atoms with Gasteiger partial charge in [-0.2, -0.15) is 0 Å². The highest BCUT2D eigenvalue weighted by Crippen LogP contribution is 2.40. The van der Waals surface area contributed by atoms with Crippen LogP contribution in [0.15, 0.2) is 72.3 Å². The molecule has 0 spiro atoms. The number of ketones is 1. The topological polar surface area (TPSA) is 60.9 Å². The van der Waals surface area contributed by atoms with Gasteiger partial charge in [-0.15, -0.1) is 0 Å². The lowest BCUT2D eigenvalue weighted by Crippen LogP contribution is -2.35. The van der Waals surface area contributed by atoms with Crippen LogP contribution in [-0.4, -0.2) is 53.8 Å². The largest absolute Gasteiger partial charge is 0.507 e. The van der Waals surface area contributed by atoms with Gasteiger partial charge in [-0.25, -0.2) is 0 Å². The molecule has 1 heterocycles. The minimum atomic E-state index is -0.641. The highest BCUT2D eigenvalue weighted by molar-refractivity contribution is 6.46. The van der Waals surface area contributed by atoms with Crippen LogP contribution in [-0.2, 0) is 9.59 Å². The van der Waals surface area contributed by atoms with Crippen molar-refractivity contribution >= 4 is 28.2 Å². The molecule has 0 bridgehead atoms. The molecule has 1 aliphatic heterocycles. The third-order valence-electron chi connectivity index (χ3n) is 6.27. The molecule has 1 saturated heterocycles. The van der Waals surface area contributed by atoms with Crippen molar-refractivity contribution in [1.29, 1.82) is 0 Å². The molecule has 0 radical (unpaired) electrons. The van der Waals surface area contributed by atoms with Crippen molar-refractivity contribution in [3.05, 3.63) is 89.0 Å². The van der Waals surface area contributed by atoms with Gasteiger partial charge in [-0.1, -0.05) is 74.5 Å². The van der Waals surface area contributed by atoms with Gasteiger partial charge in [0.05, 0.1) is 11.6 Å². The molecule has 1 aliphatic rings. The fourth-order valence-corrected chi connectivity index (χ4v) is 4.32. The van der Waals surface area contributed by atoms with Crippen LogP contribution in [0.25, 0.3) is 16.5 Å². The fourth-order valence-electron chi connectivity index (χ4n) is 4.32. The summed E-state index contributed by atoms with van der Waals surface area (Å²) in [5.41, 5.74) is 2.67. The summed E-state index contributed by atoms with van der Waals surface area (Å²) >= 11 is 0. The molecule has 3 aromatic rings. The lowest BCUT2D eigenvalue weighted by Gasteiger charge is -2.27. The molecule has 1 amide bonds. The van der Waals surface area contributed by atoms with Crippen LogP contribution in [0.1, 0.15) is 42.5 Å². The quantitative estimate of drug-likeness (QED) is 0.333. The Labute approximate surface area is 194 Å². The zero-order valence-corrected chi connectivity index (χ0v) is 19.6. The summed E-state index contributed by atoms with van der Waals surface area (Å²) in [7, 11) is 3.86. The normalized spacial score (nSPS) is 18.1. The van der Waals surface area contributed by atoms with E-state index in [0.717, 1.165) is 16.3 Å². The maximum absolute atomic E-state index is 13.2. The zero-order valence-electron chi connectivity index (χ0n) is 19.6. The first-order chi connectivity index (χ1) is 15.8. The van der Waals surface area contributed by atoms with E-state index >= 15 is 0 Å². The smallest absolute Gasteiger partial charge is 0.295 e. The summed E-state index contributed by atoms with van der Waals surface area (Å²) < 4.78 is 0. The van der Waals surface area contributed by atoms with Crippen LogP contribution in [0.2, 0.25) is 0 Å². The van der Waals surface area contributed by atoms with Gasteiger partial charge in [-0.3, -0.25) is 9.59 Å². The molecule has 1 atom stereocenters. The predicted octanol–water partition coefficient (Wildman–Crippen LogP) is 4.95. The number of carbonyl (C=O) groups is 2. The molecule has 5 heteroatoms. The van der Waals surface area contributed by atoms with Gasteiger partial charge < -0.3 is 14.9 Å². The van der Waals surface area contributed by atoms with Crippen LogP contribution in [0, 0.1) is 0 Å². The Kier molecular flexibility index (Phi) is 6.34. The highest BCUT2D eigenvalue weighted by Gasteiger charge is 2.45. The van der Waals surface area contributed by atoms with Crippen molar-refractivity contribution in [3.8, 4) is 0 Å². The predicted molar refractivity (Wildman–Crippen MR) is 132 cm³/mol. The summed E-state index contributed by atoms with van der Waals surface area (Å²) in [4.78, 5) is 29.8.